The van der Waals surface area contributed by atoms with Crippen LogP contribution in [0.1, 0.15) is 20.8 Å². The van der Waals surface area contributed by atoms with Crippen LogP contribution in [0.2, 0.25) is 0 Å². The van der Waals surface area contributed by atoms with E-state index in [0.29, 0.717) is 0 Å². The third kappa shape index (κ3) is 5.03. The fraction of sp³-hybridized carbons (Fsp3) is 0.889. The zero-order valence-electron chi connectivity index (χ0n) is 9.03. The number of rotatable bonds is 4. The molecule has 0 radical (unpaired) electrons. The van der Waals surface area contributed by atoms with Gasteiger partial charge in [-0.05, 0) is 27.0 Å². The molecule has 0 bridgehead atoms. The molecule has 0 N–H and O–H groups in total. The Hall–Kier alpha value is -0.380. The Kier molecular flexibility index (Phi) is 5.95. The Morgan fingerprint density at radius 1 is 1.46 bits per heavy atom. The van der Waals surface area contributed by atoms with Crippen molar-refractivity contribution in [2.75, 3.05) is 19.1 Å². The van der Waals surface area contributed by atoms with Crippen LogP contribution in [0.15, 0.2) is 0 Å². The Labute approximate surface area is 84.8 Å². The Morgan fingerprint density at radius 3 is 2.38 bits per heavy atom. The molecule has 1 unspecified atom stereocenters. The van der Waals surface area contributed by atoms with Gasteiger partial charge >= 0.3 is 6.09 Å². The molecule has 13 heavy (non-hydrogen) atoms. The van der Waals surface area contributed by atoms with Crippen molar-refractivity contribution in [3.8, 4) is 0 Å². The van der Waals surface area contributed by atoms with Gasteiger partial charge in [-0.3, -0.25) is 0 Å². The van der Waals surface area contributed by atoms with E-state index in [0.717, 1.165) is 5.75 Å². The van der Waals surface area contributed by atoms with Gasteiger partial charge in [0.25, 0.3) is 0 Å². The molecule has 0 aliphatic carbocycles. The molecule has 0 aromatic heterocycles. The summed E-state index contributed by atoms with van der Waals surface area (Å²) in [5.74, 6) is 0.934. The minimum atomic E-state index is -0.239. The summed E-state index contributed by atoms with van der Waals surface area (Å²) in [7, 11) is 1.77. The van der Waals surface area contributed by atoms with Crippen molar-refractivity contribution in [1.29, 1.82) is 0 Å². The second-order valence-corrected chi connectivity index (χ2v) is 4.26. The standard InChI is InChI=1S/C9H19NO2S/c1-7(2)12-9(11)10(4)8(3)6-13-5/h7-8H,6H2,1-5H3. The van der Waals surface area contributed by atoms with Crippen molar-refractivity contribution in [2.45, 2.75) is 32.9 Å². The summed E-state index contributed by atoms with van der Waals surface area (Å²) in [6.07, 6.45) is 1.74. The molecule has 4 heteroatoms. The second-order valence-electron chi connectivity index (χ2n) is 3.35. The number of hydrogen-bond acceptors (Lipinski definition) is 3. The number of ether oxygens (including phenoxy) is 1. The van der Waals surface area contributed by atoms with E-state index in [9.17, 15) is 4.79 Å². The van der Waals surface area contributed by atoms with E-state index < -0.39 is 0 Å². The molecule has 0 aromatic carbocycles. The van der Waals surface area contributed by atoms with Crippen LogP contribution < -0.4 is 0 Å². The van der Waals surface area contributed by atoms with E-state index in [1.54, 1.807) is 23.7 Å². The van der Waals surface area contributed by atoms with Crippen LogP contribution in [0.4, 0.5) is 4.79 Å². The van der Waals surface area contributed by atoms with Gasteiger partial charge < -0.3 is 9.64 Å². The number of amides is 1. The predicted molar refractivity (Wildman–Crippen MR) is 57.2 cm³/mol. The first-order chi connectivity index (χ1) is 5.99. The summed E-state index contributed by atoms with van der Waals surface area (Å²) in [6, 6.07) is 0.223. The fourth-order valence-electron chi connectivity index (χ4n) is 0.818. The number of thioether (sulfide) groups is 1. The first-order valence-corrected chi connectivity index (χ1v) is 5.80. The molecular weight excluding hydrogens is 186 g/mol. The van der Waals surface area contributed by atoms with Gasteiger partial charge in [-0.1, -0.05) is 0 Å². The van der Waals surface area contributed by atoms with Crippen molar-refractivity contribution >= 4 is 17.9 Å². The molecule has 0 saturated carbocycles. The molecule has 0 aliphatic rings. The maximum absolute atomic E-state index is 11.4. The van der Waals surface area contributed by atoms with Crippen LogP contribution in [-0.4, -0.2) is 42.2 Å². The molecule has 3 nitrogen and oxygen atoms in total. The Balaban J connectivity index is 3.93. The van der Waals surface area contributed by atoms with Crippen LogP contribution in [0.5, 0.6) is 0 Å². The number of nitrogens with zero attached hydrogens (tertiary/aromatic N) is 1. The van der Waals surface area contributed by atoms with Gasteiger partial charge in [0.2, 0.25) is 0 Å². The minimum absolute atomic E-state index is 0.0450. The molecular formula is C9H19NO2S. The summed E-state index contributed by atoms with van der Waals surface area (Å²) >= 11 is 1.72. The third-order valence-corrected chi connectivity index (χ3v) is 2.51. The maximum Gasteiger partial charge on any atom is 0.410 e. The first-order valence-electron chi connectivity index (χ1n) is 4.41. The van der Waals surface area contributed by atoms with Crippen LogP contribution in [0.25, 0.3) is 0 Å². The highest BCUT2D eigenvalue weighted by Gasteiger charge is 2.17. The lowest BCUT2D eigenvalue weighted by molar-refractivity contribution is 0.0771. The molecule has 0 fully saturated rings. The molecule has 78 valence electrons. The van der Waals surface area contributed by atoms with Crippen molar-refractivity contribution in [3.63, 3.8) is 0 Å². The van der Waals surface area contributed by atoms with Crippen LogP contribution >= 0.6 is 11.8 Å². The topological polar surface area (TPSA) is 29.5 Å². The van der Waals surface area contributed by atoms with E-state index in [1.165, 1.54) is 0 Å². The van der Waals surface area contributed by atoms with E-state index in [-0.39, 0.29) is 18.2 Å². The van der Waals surface area contributed by atoms with Gasteiger partial charge in [-0.2, -0.15) is 11.8 Å². The zero-order valence-corrected chi connectivity index (χ0v) is 9.85. The molecule has 0 aliphatic heterocycles. The van der Waals surface area contributed by atoms with Gasteiger partial charge in [0, 0.05) is 18.8 Å². The Morgan fingerprint density at radius 2 is 2.00 bits per heavy atom. The van der Waals surface area contributed by atoms with Gasteiger partial charge in [-0.15, -0.1) is 0 Å². The van der Waals surface area contributed by atoms with Crippen molar-refractivity contribution in [1.82, 2.24) is 4.90 Å². The maximum atomic E-state index is 11.4. The van der Waals surface area contributed by atoms with E-state index >= 15 is 0 Å². The van der Waals surface area contributed by atoms with Crippen molar-refractivity contribution < 1.29 is 9.53 Å². The van der Waals surface area contributed by atoms with Gasteiger partial charge in [0.15, 0.2) is 0 Å². The van der Waals surface area contributed by atoms with Gasteiger partial charge in [0.1, 0.15) is 0 Å². The highest BCUT2D eigenvalue weighted by molar-refractivity contribution is 7.98. The Bertz CT molecular complexity index is 162. The average molecular weight is 205 g/mol. The molecule has 1 atom stereocenters. The number of carbonyl (C=O) groups excluding carboxylic acids is 1. The van der Waals surface area contributed by atoms with E-state index in [1.807, 2.05) is 27.0 Å². The van der Waals surface area contributed by atoms with E-state index in [2.05, 4.69) is 0 Å². The molecule has 0 heterocycles. The molecule has 0 spiro atoms. The summed E-state index contributed by atoms with van der Waals surface area (Å²) in [6.45, 7) is 5.72. The van der Waals surface area contributed by atoms with Gasteiger partial charge in [0.05, 0.1) is 6.10 Å². The highest BCUT2D eigenvalue weighted by atomic mass is 32.2. The quantitative estimate of drug-likeness (QED) is 0.704. The highest BCUT2D eigenvalue weighted by Crippen LogP contribution is 2.06. The lowest BCUT2D eigenvalue weighted by atomic mass is 10.4. The molecule has 0 saturated heterocycles. The van der Waals surface area contributed by atoms with Crippen LogP contribution in [0, 0.1) is 0 Å². The second kappa shape index (κ2) is 6.13. The molecule has 1 amide bonds. The fourth-order valence-corrected chi connectivity index (χ4v) is 1.52. The smallest absolute Gasteiger partial charge is 0.410 e. The largest absolute Gasteiger partial charge is 0.447 e. The average Bonchev–Trinajstić information content (AvgIpc) is 2.02. The third-order valence-electron chi connectivity index (χ3n) is 1.69. The SMILES string of the molecule is CSCC(C)N(C)C(=O)OC(C)C. The van der Waals surface area contributed by atoms with Crippen LogP contribution in [-0.2, 0) is 4.74 Å². The summed E-state index contributed by atoms with van der Waals surface area (Å²) in [5, 5.41) is 0. The molecule has 0 aromatic rings. The van der Waals surface area contributed by atoms with Crippen molar-refractivity contribution in [2.24, 2.45) is 0 Å². The number of carbonyl (C=O) groups is 1. The summed E-state index contributed by atoms with van der Waals surface area (Å²) in [4.78, 5) is 13.0. The number of hydrogen-bond donors (Lipinski definition) is 0. The van der Waals surface area contributed by atoms with Gasteiger partial charge in [-0.25, -0.2) is 4.79 Å². The lowest BCUT2D eigenvalue weighted by Crippen LogP contribution is -2.38. The predicted octanol–water partition coefficient (Wildman–Crippen LogP) is 2.21. The normalized spacial score (nSPS) is 12.8. The van der Waals surface area contributed by atoms with Crippen molar-refractivity contribution in [3.05, 3.63) is 0 Å². The van der Waals surface area contributed by atoms with E-state index in [4.69, 9.17) is 4.74 Å². The zero-order chi connectivity index (χ0) is 10.4. The molecule has 0 rings (SSSR count). The minimum Gasteiger partial charge on any atom is -0.447 e. The monoisotopic (exact) mass is 205 g/mol. The summed E-state index contributed by atoms with van der Waals surface area (Å²) < 4.78 is 5.06. The summed E-state index contributed by atoms with van der Waals surface area (Å²) in [5.41, 5.74) is 0. The lowest BCUT2D eigenvalue weighted by Gasteiger charge is -2.24. The van der Waals surface area contributed by atoms with Crippen LogP contribution in [0.3, 0.4) is 0 Å². The first kappa shape index (κ1) is 12.6.